The molecular formula is C17H15BrF3NOS2. The molecule has 0 heterocycles. The van der Waals surface area contributed by atoms with Gasteiger partial charge in [0.25, 0.3) is 5.91 Å². The predicted molar refractivity (Wildman–Crippen MR) is 102 cm³/mol. The van der Waals surface area contributed by atoms with E-state index in [-0.39, 0.29) is 22.6 Å². The van der Waals surface area contributed by atoms with Gasteiger partial charge in [-0.05, 0) is 60.0 Å². The highest BCUT2D eigenvalue weighted by Gasteiger charge is 2.29. The second-order valence-electron chi connectivity index (χ2n) is 4.98. The number of carbonyl (C=O) groups excluding carboxylic acids is 1. The molecular weight excluding hydrogens is 435 g/mol. The van der Waals surface area contributed by atoms with Crippen LogP contribution in [0.4, 0.5) is 18.9 Å². The molecule has 2 aromatic carbocycles. The second-order valence-corrected chi connectivity index (χ2v) is 8.34. The van der Waals surface area contributed by atoms with Crippen molar-refractivity contribution in [2.24, 2.45) is 0 Å². The molecule has 8 heteroatoms. The van der Waals surface area contributed by atoms with E-state index in [0.717, 1.165) is 15.1 Å². The fraction of sp³-hybridized carbons (Fsp3) is 0.235. The monoisotopic (exact) mass is 449 g/mol. The smallest absolute Gasteiger partial charge is 0.311 e. The molecule has 0 fully saturated rings. The number of benzene rings is 2. The van der Waals surface area contributed by atoms with Gasteiger partial charge in [0.1, 0.15) is 0 Å². The van der Waals surface area contributed by atoms with Gasteiger partial charge < -0.3 is 4.90 Å². The number of carbonyl (C=O) groups is 1. The quantitative estimate of drug-likeness (QED) is 0.489. The van der Waals surface area contributed by atoms with Gasteiger partial charge in [0.15, 0.2) is 0 Å². The van der Waals surface area contributed by atoms with Crippen LogP contribution in [0.2, 0.25) is 0 Å². The standard InChI is InChI=1S/C17H15BrF3NOS2/c1-3-24-15-10-11(18)4-9-14(15)16(23)22(2)12-5-7-13(8-6-12)25-17(19,20)21/h4-10H,3H2,1-2H3. The van der Waals surface area contributed by atoms with Crippen molar-refractivity contribution in [1.82, 2.24) is 0 Å². The van der Waals surface area contributed by atoms with Gasteiger partial charge in [-0.15, -0.1) is 11.8 Å². The average molecular weight is 450 g/mol. The summed E-state index contributed by atoms with van der Waals surface area (Å²) in [4.78, 5) is 15.2. The molecule has 0 spiro atoms. The lowest BCUT2D eigenvalue weighted by atomic mass is 10.2. The third-order valence-corrected chi connectivity index (χ3v) is 5.41. The maximum absolute atomic E-state index is 12.8. The number of alkyl halides is 3. The summed E-state index contributed by atoms with van der Waals surface area (Å²) in [5, 5.41) is 0. The maximum atomic E-state index is 12.8. The van der Waals surface area contributed by atoms with Gasteiger partial charge in [0, 0.05) is 27.0 Å². The van der Waals surface area contributed by atoms with Crippen molar-refractivity contribution in [3.63, 3.8) is 0 Å². The summed E-state index contributed by atoms with van der Waals surface area (Å²) in [5.74, 6) is 0.615. The number of hydrogen-bond acceptors (Lipinski definition) is 3. The normalized spacial score (nSPS) is 11.4. The first-order chi connectivity index (χ1) is 11.7. The van der Waals surface area contributed by atoms with Crippen molar-refractivity contribution in [2.45, 2.75) is 22.2 Å². The largest absolute Gasteiger partial charge is 0.446 e. The molecule has 0 aliphatic rings. The van der Waals surface area contributed by atoms with Crippen LogP contribution in [-0.2, 0) is 0 Å². The van der Waals surface area contributed by atoms with Gasteiger partial charge in [-0.1, -0.05) is 22.9 Å². The Bertz CT molecular complexity index is 751. The molecule has 0 saturated heterocycles. The summed E-state index contributed by atoms with van der Waals surface area (Å²) in [5.41, 5.74) is -3.23. The zero-order valence-electron chi connectivity index (χ0n) is 13.4. The van der Waals surface area contributed by atoms with Gasteiger partial charge in [0.05, 0.1) is 5.56 Å². The molecule has 0 bridgehead atoms. The van der Waals surface area contributed by atoms with Crippen LogP contribution >= 0.6 is 39.5 Å². The number of anilines is 1. The Morgan fingerprint density at radius 2 is 1.80 bits per heavy atom. The SMILES string of the molecule is CCSc1cc(Br)ccc1C(=O)N(C)c1ccc(SC(F)(F)F)cc1. The number of amides is 1. The summed E-state index contributed by atoms with van der Waals surface area (Å²) < 4.78 is 38.1. The molecule has 0 radical (unpaired) electrons. The summed E-state index contributed by atoms with van der Waals surface area (Å²) in [6, 6.07) is 11.2. The topological polar surface area (TPSA) is 20.3 Å². The Kier molecular flexibility index (Phi) is 6.87. The van der Waals surface area contributed by atoms with Gasteiger partial charge in [-0.2, -0.15) is 13.2 Å². The first-order valence-corrected chi connectivity index (χ1v) is 9.87. The number of hydrogen-bond donors (Lipinski definition) is 0. The molecule has 0 aliphatic heterocycles. The minimum absolute atomic E-state index is 0.0861. The van der Waals surface area contributed by atoms with Gasteiger partial charge >= 0.3 is 5.51 Å². The minimum Gasteiger partial charge on any atom is -0.311 e. The molecule has 2 rings (SSSR count). The van der Waals surface area contributed by atoms with Gasteiger partial charge in [-0.25, -0.2) is 0 Å². The van der Waals surface area contributed by atoms with E-state index in [4.69, 9.17) is 0 Å². The van der Waals surface area contributed by atoms with E-state index >= 15 is 0 Å². The molecule has 2 nitrogen and oxygen atoms in total. The molecule has 0 N–H and O–H groups in total. The van der Waals surface area contributed by atoms with Crippen molar-refractivity contribution in [3.05, 3.63) is 52.5 Å². The van der Waals surface area contributed by atoms with Crippen molar-refractivity contribution in [1.29, 1.82) is 0 Å². The fourth-order valence-electron chi connectivity index (χ4n) is 2.12. The zero-order chi connectivity index (χ0) is 18.6. The Labute approximate surface area is 161 Å². The third kappa shape index (κ3) is 5.69. The van der Waals surface area contributed by atoms with E-state index in [1.54, 1.807) is 30.9 Å². The minimum atomic E-state index is -4.33. The molecule has 134 valence electrons. The van der Waals surface area contributed by atoms with Crippen LogP contribution in [0.25, 0.3) is 0 Å². The zero-order valence-corrected chi connectivity index (χ0v) is 16.7. The summed E-state index contributed by atoms with van der Waals surface area (Å²) in [7, 11) is 1.61. The molecule has 0 saturated carbocycles. The van der Waals surface area contributed by atoms with Crippen LogP contribution in [0.15, 0.2) is 56.7 Å². The van der Waals surface area contributed by atoms with Crippen LogP contribution in [0.1, 0.15) is 17.3 Å². The number of halogens is 4. The summed E-state index contributed by atoms with van der Waals surface area (Å²) in [6.45, 7) is 2.00. The highest BCUT2D eigenvalue weighted by molar-refractivity contribution is 9.10. The lowest BCUT2D eigenvalue weighted by Crippen LogP contribution is -2.26. The van der Waals surface area contributed by atoms with Crippen LogP contribution in [-0.4, -0.2) is 24.2 Å². The molecule has 0 atom stereocenters. The van der Waals surface area contributed by atoms with Crippen LogP contribution in [0.5, 0.6) is 0 Å². The Morgan fingerprint density at radius 1 is 1.16 bits per heavy atom. The van der Waals surface area contributed by atoms with Gasteiger partial charge in [-0.3, -0.25) is 4.79 Å². The Hall–Kier alpha value is -1.12. The predicted octanol–water partition coefficient (Wildman–Crippen LogP) is 6.45. The van der Waals surface area contributed by atoms with E-state index in [2.05, 4.69) is 15.9 Å². The van der Waals surface area contributed by atoms with E-state index in [1.165, 1.54) is 29.2 Å². The average Bonchev–Trinajstić information content (AvgIpc) is 2.53. The first-order valence-electron chi connectivity index (χ1n) is 7.27. The highest BCUT2D eigenvalue weighted by atomic mass is 79.9. The number of rotatable bonds is 5. The molecule has 0 unspecified atom stereocenters. The first kappa shape index (κ1) is 20.2. The van der Waals surface area contributed by atoms with E-state index in [9.17, 15) is 18.0 Å². The summed E-state index contributed by atoms with van der Waals surface area (Å²) in [6.07, 6.45) is 0. The van der Waals surface area contributed by atoms with Crippen molar-refractivity contribution in [3.8, 4) is 0 Å². The van der Waals surface area contributed by atoms with Crippen molar-refractivity contribution < 1.29 is 18.0 Å². The Morgan fingerprint density at radius 3 is 2.36 bits per heavy atom. The van der Waals surface area contributed by atoms with Crippen LogP contribution in [0, 0.1) is 0 Å². The van der Waals surface area contributed by atoms with E-state index in [0.29, 0.717) is 11.3 Å². The molecule has 2 aromatic rings. The maximum Gasteiger partial charge on any atom is 0.446 e. The van der Waals surface area contributed by atoms with E-state index < -0.39 is 5.51 Å². The Balaban J connectivity index is 2.23. The van der Waals surface area contributed by atoms with E-state index in [1.807, 2.05) is 13.0 Å². The molecule has 25 heavy (non-hydrogen) atoms. The highest BCUT2D eigenvalue weighted by Crippen LogP contribution is 2.37. The summed E-state index contributed by atoms with van der Waals surface area (Å²) >= 11 is 4.78. The van der Waals surface area contributed by atoms with Crippen LogP contribution < -0.4 is 4.90 Å². The van der Waals surface area contributed by atoms with Crippen LogP contribution in [0.3, 0.4) is 0 Å². The lowest BCUT2D eigenvalue weighted by molar-refractivity contribution is -0.0328. The number of thioether (sulfide) groups is 2. The van der Waals surface area contributed by atoms with Crippen molar-refractivity contribution >= 4 is 51.0 Å². The third-order valence-electron chi connectivity index (χ3n) is 3.24. The lowest BCUT2D eigenvalue weighted by Gasteiger charge is -2.19. The molecule has 0 aromatic heterocycles. The fourth-order valence-corrected chi connectivity index (χ4v) is 4.00. The van der Waals surface area contributed by atoms with Gasteiger partial charge in [0.2, 0.25) is 0 Å². The molecule has 0 aliphatic carbocycles. The second kappa shape index (κ2) is 8.51. The number of nitrogens with zero attached hydrogens (tertiary/aromatic N) is 1. The molecule has 1 amide bonds. The van der Waals surface area contributed by atoms with Crippen molar-refractivity contribution in [2.75, 3.05) is 17.7 Å².